The first-order valence-electron chi connectivity index (χ1n) is 7.33. The van der Waals surface area contributed by atoms with E-state index < -0.39 is 24.4 Å². The molecular formula is C18H17NO6. The summed E-state index contributed by atoms with van der Waals surface area (Å²) in [6.07, 6.45) is 0. The molecule has 0 unspecified atom stereocenters. The van der Waals surface area contributed by atoms with Gasteiger partial charge in [-0.15, -0.1) is 0 Å². The summed E-state index contributed by atoms with van der Waals surface area (Å²) in [5.74, 6) is -1.25. The van der Waals surface area contributed by atoms with Crippen LogP contribution in [0.25, 0.3) is 0 Å². The monoisotopic (exact) mass is 343 g/mol. The summed E-state index contributed by atoms with van der Waals surface area (Å²) in [7, 11) is 2.89. The highest BCUT2D eigenvalue weighted by Gasteiger charge is 2.16. The zero-order chi connectivity index (χ0) is 18.2. The minimum absolute atomic E-state index is 0.206. The van der Waals surface area contributed by atoms with Gasteiger partial charge >= 0.3 is 5.97 Å². The van der Waals surface area contributed by atoms with Crippen LogP contribution in [0.3, 0.4) is 0 Å². The van der Waals surface area contributed by atoms with Crippen molar-refractivity contribution in [3.8, 4) is 11.5 Å². The van der Waals surface area contributed by atoms with Gasteiger partial charge in [-0.3, -0.25) is 14.9 Å². The molecule has 2 amide bonds. The van der Waals surface area contributed by atoms with Gasteiger partial charge in [-0.05, 0) is 30.3 Å². The van der Waals surface area contributed by atoms with Crippen molar-refractivity contribution in [2.75, 3.05) is 20.8 Å². The van der Waals surface area contributed by atoms with Crippen LogP contribution >= 0.6 is 0 Å². The molecule has 0 aliphatic carbocycles. The first-order chi connectivity index (χ1) is 12.0. The maximum absolute atomic E-state index is 12.1. The summed E-state index contributed by atoms with van der Waals surface area (Å²) >= 11 is 0. The van der Waals surface area contributed by atoms with Gasteiger partial charge in [0, 0.05) is 0 Å². The van der Waals surface area contributed by atoms with Crippen molar-refractivity contribution >= 4 is 17.8 Å². The van der Waals surface area contributed by atoms with Gasteiger partial charge in [0.15, 0.2) is 6.61 Å². The van der Waals surface area contributed by atoms with Crippen molar-refractivity contribution in [3.05, 3.63) is 59.7 Å². The zero-order valence-electron chi connectivity index (χ0n) is 13.8. The number of nitrogens with one attached hydrogen (secondary N) is 1. The number of hydrogen-bond acceptors (Lipinski definition) is 6. The number of esters is 1. The van der Waals surface area contributed by atoms with Crippen molar-refractivity contribution in [2.45, 2.75) is 0 Å². The highest BCUT2D eigenvalue weighted by atomic mass is 16.5. The van der Waals surface area contributed by atoms with Gasteiger partial charge in [0.05, 0.1) is 25.3 Å². The van der Waals surface area contributed by atoms with Crippen molar-refractivity contribution in [1.29, 1.82) is 0 Å². The Balaban J connectivity index is 1.91. The minimum Gasteiger partial charge on any atom is -0.497 e. The number of methoxy groups -OCH3 is 2. The van der Waals surface area contributed by atoms with Crippen molar-refractivity contribution in [2.24, 2.45) is 0 Å². The lowest BCUT2D eigenvalue weighted by molar-refractivity contribution is -0.123. The molecule has 7 nitrogen and oxygen atoms in total. The summed E-state index contributed by atoms with van der Waals surface area (Å²) in [6.45, 7) is -0.586. The Morgan fingerprint density at radius 2 is 1.72 bits per heavy atom. The third kappa shape index (κ3) is 4.81. The molecule has 0 saturated heterocycles. The van der Waals surface area contributed by atoms with Crippen molar-refractivity contribution in [1.82, 2.24) is 5.32 Å². The molecule has 25 heavy (non-hydrogen) atoms. The van der Waals surface area contributed by atoms with Crippen LogP contribution in [0.15, 0.2) is 48.5 Å². The minimum atomic E-state index is -0.743. The van der Waals surface area contributed by atoms with E-state index in [-0.39, 0.29) is 11.1 Å². The quantitative estimate of drug-likeness (QED) is 0.805. The first kappa shape index (κ1) is 18.0. The normalized spacial score (nSPS) is 9.84. The molecule has 0 bridgehead atoms. The largest absolute Gasteiger partial charge is 0.497 e. The molecule has 0 spiro atoms. The smallest absolute Gasteiger partial charge is 0.338 e. The highest BCUT2D eigenvalue weighted by molar-refractivity contribution is 6.07. The Kier molecular flexibility index (Phi) is 6.11. The molecule has 0 radical (unpaired) electrons. The van der Waals surface area contributed by atoms with Crippen molar-refractivity contribution < 1.29 is 28.6 Å². The fourth-order valence-electron chi connectivity index (χ4n) is 2.03. The predicted molar refractivity (Wildman–Crippen MR) is 88.7 cm³/mol. The van der Waals surface area contributed by atoms with E-state index in [2.05, 4.69) is 5.32 Å². The van der Waals surface area contributed by atoms with E-state index in [9.17, 15) is 14.4 Å². The molecule has 2 rings (SSSR count). The molecule has 7 heteroatoms. The Hall–Kier alpha value is -3.35. The average Bonchev–Trinajstić information content (AvgIpc) is 2.65. The number of imide groups is 1. The second kappa shape index (κ2) is 8.49. The molecule has 1 N–H and O–H groups in total. The number of para-hydroxylation sites is 1. The number of rotatable bonds is 6. The molecule has 2 aromatic carbocycles. The van der Waals surface area contributed by atoms with Crippen LogP contribution in [-0.4, -0.2) is 38.6 Å². The predicted octanol–water partition coefficient (Wildman–Crippen LogP) is 1.82. The van der Waals surface area contributed by atoms with Crippen LogP contribution < -0.4 is 14.8 Å². The SMILES string of the molecule is COc1cccc(C(=O)OCC(=O)NC(=O)c2ccccc2OC)c1. The van der Waals surface area contributed by atoms with E-state index in [4.69, 9.17) is 14.2 Å². The van der Waals surface area contributed by atoms with Crippen LogP contribution in [0, 0.1) is 0 Å². The molecule has 0 aliphatic heterocycles. The Morgan fingerprint density at radius 1 is 0.960 bits per heavy atom. The van der Waals surface area contributed by atoms with E-state index in [0.717, 1.165) is 0 Å². The van der Waals surface area contributed by atoms with Gasteiger partial charge in [0.1, 0.15) is 11.5 Å². The lowest BCUT2D eigenvalue weighted by atomic mass is 10.2. The first-order valence-corrected chi connectivity index (χ1v) is 7.33. The number of hydrogen-bond donors (Lipinski definition) is 1. The maximum Gasteiger partial charge on any atom is 0.338 e. The summed E-state index contributed by atoms with van der Waals surface area (Å²) in [4.78, 5) is 35.8. The highest BCUT2D eigenvalue weighted by Crippen LogP contribution is 2.17. The standard InChI is InChI=1S/C18H17NO6/c1-23-13-7-5-6-12(10-13)18(22)25-11-16(20)19-17(21)14-8-3-4-9-15(14)24-2/h3-10H,11H2,1-2H3,(H,19,20,21). The molecule has 0 heterocycles. The Labute approximate surface area is 144 Å². The van der Waals surface area contributed by atoms with Gasteiger partial charge in [-0.1, -0.05) is 18.2 Å². The summed E-state index contributed by atoms with van der Waals surface area (Å²) < 4.78 is 15.0. The van der Waals surface area contributed by atoms with Gasteiger partial charge in [-0.25, -0.2) is 4.79 Å². The number of benzene rings is 2. The lowest BCUT2D eigenvalue weighted by Gasteiger charge is -2.09. The topological polar surface area (TPSA) is 90.9 Å². The van der Waals surface area contributed by atoms with E-state index in [1.54, 1.807) is 30.3 Å². The van der Waals surface area contributed by atoms with Crippen LogP contribution in [-0.2, 0) is 9.53 Å². The molecule has 130 valence electrons. The van der Waals surface area contributed by atoms with E-state index in [1.807, 2.05) is 0 Å². The molecule has 0 atom stereocenters. The summed E-state index contributed by atoms with van der Waals surface area (Å²) in [5, 5.41) is 2.14. The lowest BCUT2D eigenvalue weighted by Crippen LogP contribution is -2.34. The van der Waals surface area contributed by atoms with Gasteiger partial charge in [0.25, 0.3) is 11.8 Å². The molecular weight excluding hydrogens is 326 g/mol. The third-order valence-corrected chi connectivity index (χ3v) is 3.24. The fourth-order valence-corrected chi connectivity index (χ4v) is 2.03. The molecule has 2 aromatic rings. The van der Waals surface area contributed by atoms with Gasteiger partial charge in [0.2, 0.25) is 0 Å². The summed E-state index contributed by atoms with van der Waals surface area (Å²) in [6, 6.07) is 12.8. The fraction of sp³-hybridized carbons (Fsp3) is 0.167. The maximum atomic E-state index is 12.1. The van der Waals surface area contributed by atoms with Crippen LogP contribution in [0.1, 0.15) is 20.7 Å². The average molecular weight is 343 g/mol. The molecule has 0 fully saturated rings. The van der Waals surface area contributed by atoms with E-state index >= 15 is 0 Å². The zero-order valence-corrected chi connectivity index (χ0v) is 13.8. The third-order valence-electron chi connectivity index (χ3n) is 3.24. The molecule has 0 aliphatic rings. The molecule has 0 aromatic heterocycles. The Bertz CT molecular complexity index is 787. The second-order valence-electron chi connectivity index (χ2n) is 4.89. The second-order valence-corrected chi connectivity index (χ2v) is 4.89. The number of ether oxygens (including phenoxy) is 3. The van der Waals surface area contributed by atoms with E-state index in [0.29, 0.717) is 11.5 Å². The Morgan fingerprint density at radius 3 is 2.44 bits per heavy atom. The van der Waals surface area contributed by atoms with Gasteiger partial charge in [-0.2, -0.15) is 0 Å². The van der Waals surface area contributed by atoms with Gasteiger partial charge < -0.3 is 14.2 Å². The summed E-state index contributed by atoms with van der Waals surface area (Å²) in [5.41, 5.74) is 0.445. The number of amides is 2. The van der Waals surface area contributed by atoms with Crippen molar-refractivity contribution in [3.63, 3.8) is 0 Å². The van der Waals surface area contributed by atoms with E-state index in [1.165, 1.54) is 32.4 Å². The molecule has 0 saturated carbocycles. The van der Waals surface area contributed by atoms with Crippen LogP contribution in [0.5, 0.6) is 11.5 Å². The number of carbonyl (C=O) groups is 3. The number of carbonyl (C=O) groups excluding carboxylic acids is 3. The van der Waals surface area contributed by atoms with Crippen LogP contribution in [0.4, 0.5) is 0 Å². The van der Waals surface area contributed by atoms with Crippen LogP contribution in [0.2, 0.25) is 0 Å².